The van der Waals surface area contributed by atoms with Crippen LogP contribution in [0.15, 0.2) is 10.6 Å². The van der Waals surface area contributed by atoms with Crippen molar-refractivity contribution in [3.8, 4) is 0 Å². The van der Waals surface area contributed by atoms with E-state index in [4.69, 9.17) is 23.5 Å². The molecule has 0 radical (unpaired) electrons. The van der Waals surface area contributed by atoms with Crippen molar-refractivity contribution in [2.45, 2.75) is 38.4 Å². The van der Waals surface area contributed by atoms with Crippen LogP contribution in [0.4, 0.5) is 20.7 Å². The molecule has 0 N–H and O–H groups in total. The first kappa shape index (κ1) is 20.2. The van der Waals surface area contributed by atoms with E-state index in [1.54, 1.807) is 6.07 Å². The lowest BCUT2D eigenvalue weighted by Crippen LogP contribution is -2.46. The molecule has 5 rings (SSSR count). The van der Waals surface area contributed by atoms with Gasteiger partial charge in [0, 0.05) is 18.7 Å². The summed E-state index contributed by atoms with van der Waals surface area (Å²) in [6.45, 7) is 5.43. The SMILES string of the molecule is C[C@@H]1CN(c2c(C3OCCO3)cc3c(N4C(=O)OC[C@@H]4C=O)noc3c2F)C[C@@H](C)O1. The Bertz CT molecular complexity index is 1010. The fraction of sp³-hybridized carbons (Fsp3) is 0.550. The number of rotatable bonds is 4. The lowest BCUT2D eigenvalue weighted by atomic mass is 10.0. The number of carbonyl (C=O) groups excluding carboxylic acids is 2. The predicted octanol–water partition coefficient (Wildman–Crippen LogP) is 2.15. The van der Waals surface area contributed by atoms with Gasteiger partial charge in [0.2, 0.25) is 5.58 Å². The lowest BCUT2D eigenvalue weighted by molar-refractivity contribution is -0.108. The molecular weight excluding hydrogens is 413 g/mol. The first-order chi connectivity index (χ1) is 15.0. The molecule has 166 valence electrons. The number of ether oxygens (including phenoxy) is 4. The van der Waals surface area contributed by atoms with Crippen molar-refractivity contribution in [1.82, 2.24) is 5.16 Å². The van der Waals surface area contributed by atoms with E-state index in [0.29, 0.717) is 43.8 Å². The molecule has 3 saturated heterocycles. The summed E-state index contributed by atoms with van der Waals surface area (Å²) < 4.78 is 43.3. The van der Waals surface area contributed by atoms with Gasteiger partial charge >= 0.3 is 6.09 Å². The van der Waals surface area contributed by atoms with Gasteiger partial charge in [-0.3, -0.25) is 0 Å². The molecule has 0 spiro atoms. The Balaban J connectivity index is 1.67. The van der Waals surface area contributed by atoms with Crippen molar-refractivity contribution in [1.29, 1.82) is 0 Å². The van der Waals surface area contributed by atoms with Gasteiger partial charge in [-0.2, -0.15) is 0 Å². The van der Waals surface area contributed by atoms with Gasteiger partial charge in [-0.15, -0.1) is 0 Å². The summed E-state index contributed by atoms with van der Waals surface area (Å²) in [7, 11) is 0. The van der Waals surface area contributed by atoms with Crippen LogP contribution in [0.5, 0.6) is 0 Å². The number of benzene rings is 1. The van der Waals surface area contributed by atoms with Gasteiger partial charge in [0.15, 0.2) is 17.9 Å². The summed E-state index contributed by atoms with van der Waals surface area (Å²) in [4.78, 5) is 26.5. The highest BCUT2D eigenvalue weighted by Crippen LogP contribution is 2.42. The maximum absolute atomic E-state index is 15.9. The number of morpholine rings is 1. The molecule has 0 unspecified atom stereocenters. The lowest BCUT2D eigenvalue weighted by Gasteiger charge is -2.38. The second-order valence-corrected chi connectivity index (χ2v) is 7.90. The fourth-order valence-electron chi connectivity index (χ4n) is 4.39. The maximum atomic E-state index is 15.9. The van der Waals surface area contributed by atoms with Crippen molar-refractivity contribution in [2.24, 2.45) is 0 Å². The van der Waals surface area contributed by atoms with Crippen LogP contribution in [-0.4, -0.2) is 68.7 Å². The third-order valence-corrected chi connectivity index (χ3v) is 5.59. The fourth-order valence-corrected chi connectivity index (χ4v) is 4.39. The van der Waals surface area contributed by atoms with Crippen LogP contribution >= 0.6 is 0 Å². The molecule has 31 heavy (non-hydrogen) atoms. The molecule has 11 heteroatoms. The van der Waals surface area contributed by atoms with Crippen molar-refractivity contribution in [3.05, 3.63) is 17.4 Å². The zero-order valence-corrected chi connectivity index (χ0v) is 17.1. The van der Waals surface area contributed by atoms with Crippen LogP contribution in [0, 0.1) is 5.82 Å². The number of aldehydes is 1. The molecule has 3 atom stereocenters. The van der Waals surface area contributed by atoms with E-state index < -0.39 is 24.2 Å². The number of hydrogen-bond acceptors (Lipinski definition) is 9. The second-order valence-electron chi connectivity index (χ2n) is 7.90. The van der Waals surface area contributed by atoms with Gasteiger partial charge in [-0.05, 0) is 19.9 Å². The average Bonchev–Trinajstić information content (AvgIpc) is 3.46. The number of hydrogen-bond donors (Lipinski definition) is 0. The molecule has 3 fully saturated rings. The summed E-state index contributed by atoms with van der Waals surface area (Å²) in [5.41, 5.74) is 0.631. The van der Waals surface area contributed by atoms with E-state index >= 15 is 4.39 Å². The van der Waals surface area contributed by atoms with Gasteiger partial charge in [0.1, 0.15) is 18.9 Å². The predicted molar refractivity (Wildman–Crippen MR) is 105 cm³/mol. The number of halogens is 1. The Hall–Kier alpha value is -2.76. The first-order valence-corrected chi connectivity index (χ1v) is 10.1. The van der Waals surface area contributed by atoms with E-state index in [0.717, 1.165) is 4.90 Å². The topological polar surface area (TPSA) is 104 Å². The zero-order chi connectivity index (χ0) is 21.7. The van der Waals surface area contributed by atoms with Crippen molar-refractivity contribution in [2.75, 3.05) is 42.7 Å². The van der Waals surface area contributed by atoms with E-state index in [-0.39, 0.29) is 35.6 Å². The van der Waals surface area contributed by atoms with Gasteiger partial charge in [0.25, 0.3) is 0 Å². The quantitative estimate of drug-likeness (QED) is 0.668. The number of anilines is 2. The molecule has 4 heterocycles. The molecule has 1 aromatic carbocycles. The Morgan fingerprint density at radius 2 is 1.90 bits per heavy atom. The standard InChI is InChI=1S/C20H22FN3O7/c1-10-6-23(7-11(2)30-10)16-13(19-27-3-4-28-19)5-14-17(15(16)21)31-22-18(14)24-12(8-25)9-29-20(24)26/h5,8,10-12,19H,3-4,6-7,9H2,1-2H3/t10-,11-,12+/m1/s1. The van der Waals surface area contributed by atoms with Crippen molar-refractivity contribution < 1.29 is 37.5 Å². The highest BCUT2D eigenvalue weighted by Gasteiger charge is 2.39. The van der Waals surface area contributed by atoms with Crippen LogP contribution in [0.25, 0.3) is 11.0 Å². The van der Waals surface area contributed by atoms with Crippen LogP contribution in [0.1, 0.15) is 25.7 Å². The normalized spacial score (nSPS) is 27.3. The molecular formula is C20H22FN3O7. The van der Waals surface area contributed by atoms with Crippen LogP contribution in [-0.2, 0) is 23.7 Å². The van der Waals surface area contributed by atoms with E-state index in [1.807, 2.05) is 18.7 Å². The van der Waals surface area contributed by atoms with Gasteiger partial charge in [0.05, 0.1) is 36.5 Å². The highest BCUT2D eigenvalue weighted by atomic mass is 19.1. The molecule has 1 amide bonds. The molecule has 10 nitrogen and oxygen atoms in total. The average molecular weight is 435 g/mol. The van der Waals surface area contributed by atoms with E-state index in [9.17, 15) is 9.59 Å². The number of carbonyl (C=O) groups is 2. The Morgan fingerprint density at radius 1 is 1.19 bits per heavy atom. The van der Waals surface area contributed by atoms with Crippen LogP contribution in [0.2, 0.25) is 0 Å². The molecule has 3 aliphatic rings. The Kier molecular flexibility index (Phi) is 5.03. The third-order valence-electron chi connectivity index (χ3n) is 5.59. The molecule has 1 aromatic heterocycles. The van der Waals surface area contributed by atoms with Crippen LogP contribution in [0.3, 0.4) is 0 Å². The number of cyclic esters (lactones) is 1. The molecule has 0 saturated carbocycles. The molecule has 2 aromatic rings. The van der Waals surface area contributed by atoms with Gasteiger partial charge in [-0.25, -0.2) is 14.1 Å². The van der Waals surface area contributed by atoms with Gasteiger partial charge in [-0.1, -0.05) is 5.16 Å². The summed E-state index contributed by atoms with van der Waals surface area (Å²) in [6.07, 6.45) is -1.15. The Morgan fingerprint density at radius 3 is 2.58 bits per heavy atom. The zero-order valence-electron chi connectivity index (χ0n) is 17.1. The second kappa shape index (κ2) is 7.74. The van der Waals surface area contributed by atoms with Crippen molar-refractivity contribution in [3.63, 3.8) is 0 Å². The first-order valence-electron chi connectivity index (χ1n) is 10.1. The van der Waals surface area contributed by atoms with Crippen molar-refractivity contribution >= 4 is 34.9 Å². The van der Waals surface area contributed by atoms with Gasteiger partial charge < -0.3 is 33.2 Å². The minimum atomic E-state index is -0.869. The summed E-state index contributed by atoms with van der Waals surface area (Å²) in [6, 6.07) is 0.778. The third kappa shape index (κ3) is 3.33. The summed E-state index contributed by atoms with van der Waals surface area (Å²) in [5, 5.41) is 4.13. The maximum Gasteiger partial charge on any atom is 0.416 e. The number of aromatic nitrogens is 1. The number of fused-ring (bicyclic) bond motifs is 1. The molecule has 0 aliphatic carbocycles. The Labute approximate surface area is 176 Å². The monoisotopic (exact) mass is 435 g/mol. The summed E-state index contributed by atoms with van der Waals surface area (Å²) >= 11 is 0. The smallest absolute Gasteiger partial charge is 0.416 e. The highest BCUT2D eigenvalue weighted by molar-refractivity contribution is 6.03. The summed E-state index contributed by atoms with van der Waals surface area (Å²) in [5.74, 6) is -0.620. The largest absolute Gasteiger partial charge is 0.446 e. The van der Waals surface area contributed by atoms with Crippen LogP contribution < -0.4 is 9.80 Å². The minimum Gasteiger partial charge on any atom is -0.446 e. The molecule has 3 aliphatic heterocycles. The number of nitrogens with zero attached hydrogens (tertiary/aromatic N) is 3. The minimum absolute atomic E-state index is 0.0167. The van der Waals surface area contributed by atoms with E-state index in [1.165, 1.54) is 0 Å². The number of amides is 1. The van der Waals surface area contributed by atoms with E-state index in [2.05, 4.69) is 5.16 Å². The molecule has 0 bridgehead atoms.